The summed E-state index contributed by atoms with van der Waals surface area (Å²) in [6, 6.07) is 25.4. The van der Waals surface area contributed by atoms with Crippen LogP contribution in [-0.4, -0.2) is 43.1 Å². The molecule has 6 rings (SSSR count). The zero-order valence-electron chi connectivity index (χ0n) is 24.8. The lowest BCUT2D eigenvalue weighted by molar-refractivity contribution is -0.130. The van der Waals surface area contributed by atoms with Crippen molar-refractivity contribution in [1.82, 2.24) is 25.1 Å². The van der Waals surface area contributed by atoms with Crippen LogP contribution in [0.3, 0.4) is 0 Å². The smallest absolute Gasteiger partial charge is 0.253 e. The number of benzene rings is 3. The first-order valence-corrected chi connectivity index (χ1v) is 16.4. The van der Waals surface area contributed by atoms with E-state index < -0.39 is 0 Å². The summed E-state index contributed by atoms with van der Waals surface area (Å²) in [5, 5.41) is 20.6. The fraction of sp³-hybridized carbons (Fsp3) is 0.206. The van der Waals surface area contributed by atoms with Crippen LogP contribution in [0.4, 0.5) is 4.39 Å². The lowest BCUT2D eigenvalue weighted by Gasteiger charge is -2.22. The molecule has 2 aromatic heterocycles. The molecule has 0 unspecified atom stereocenters. The largest absolute Gasteiger partial charge is 0.348 e. The number of hydrogen-bond acceptors (Lipinski definition) is 7. The van der Waals surface area contributed by atoms with Gasteiger partial charge < -0.3 is 5.32 Å². The molecule has 1 aliphatic heterocycles. The highest BCUT2D eigenvalue weighted by Crippen LogP contribution is 2.35. The number of halogens is 1. The van der Waals surface area contributed by atoms with Crippen LogP contribution in [0.15, 0.2) is 101 Å². The molecule has 0 spiro atoms. The molecule has 1 atom stereocenters. The van der Waals surface area contributed by atoms with E-state index in [0.717, 1.165) is 38.5 Å². The molecule has 0 saturated carbocycles. The van der Waals surface area contributed by atoms with Crippen molar-refractivity contribution in [2.75, 3.05) is 5.75 Å². The van der Waals surface area contributed by atoms with Crippen LogP contribution in [0.25, 0.3) is 5.69 Å². The highest BCUT2D eigenvalue weighted by molar-refractivity contribution is 7.99. The first-order valence-electron chi connectivity index (χ1n) is 14.5. The lowest BCUT2D eigenvalue weighted by atomic mass is 10.0. The van der Waals surface area contributed by atoms with Crippen molar-refractivity contribution in [3.63, 3.8) is 0 Å². The Bertz CT molecular complexity index is 1840. The van der Waals surface area contributed by atoms with Crippen LogP contribution in [0.2, 0.25) is 0 Å². The Morgan fingerprint density at radius 2 is 1.78 bits per heavy atom. The van der Waals surface area contributed by atoms with E-state index >= 15 is 0 Å². The quantitative estimate of drug-likeness (QED) is 0.179. The zero-order valence-corrected chi connectivity index (χ0v) is 26.4. The molecule has 0 aliphatic carbocycles. The fourth-order valence-electron chi connectivity index (χ4n) is 5.22. The Morgan fingerprint density at radius 1 is 0.978 bits per heavy atom. The van der Waals surface area contributed by atoms with E-state index in [4.69, 9.17) is 5.10 Å². The number of thiophene rings is 1. The number of rotatable bonds is 10. The maximum atomic E-state index is 13.8. The Labute approximate surface area is 269 Å². The average Bonchev–Trinajstić information content (AvgIpc) is 3.82. The molecule has 5 aromatic rings. The van der Waals surface area contributed by atoms with Crippen molar-refractivity contribution in [2.24, 2.45) is 5.10 Å². The minimum absolute atomic E-state index is 0.0578. The Morgan fingerprint density at radius 3 is 2.53 bits per heavy atom. The molecular formula is C34H31FN6O2S2. The molecule has 228 valence electrons. The first-order chi connectivity index (χ1) is 21.9. The van der Waals surface area contributed by atoms with Gasteiger partial charge in [0, 0.05) is 6.42 Å². The molecule has 0 bridgehead atoms. The summed E-state index contributed by atoms with van der Waals surface area (Å²) in [5.74, 6) is -0.0382. The number of hydrazone groups is 1. The van der Waals surface area contributed by atoms with E-state index in [1.54, 1.807) is 23.5 Å². The SMILES string of the molecule is Cc1cccc(-n2c(CNC(=O)Cc3ccccc3)nnc2SCC(=O)N2N=C(c3cccs3)C[C@@H]2c2ccc(F)cc2)c1C. The van der Waals surface area contributed by atoms with Crippen molar-refractivity contribution in [3.05, 3.63) is 129 Å². The maximum Gasteiger partial charge on any atom is 0.253 e. The number of nitrogens with one attached hydrogen (secondary N) is 1. The van der Waals surface area contributed by atoms with Crippen molar-refractivity contribution in [2.45, 2.75) is 44.4 Å². The number of hydrogen-bond donors (Lipinski definition) is 1. The Hall–Kier alpha value is -4.61. The van der Waals surface area contributed by atoms with Crippen LogP contribution in [0.1, 0.15) is 45.4 Å². The predicted octanol–water partition coefficient (Wildman–Crippen LogP) is 6.41. The minimum atomic E-state index is -0.344. The number of thioether (sulfide) groups is 1. The zero-order chi connectivity index (χ0) is 31.3. The van der Waals surface area contributed by atoms with E-state index in [9.17, 15) is 14.0 Å². The van der Waals surface area contributed by atoms with E-state index in [0.29, 0.717) is 17.4 Å². The van der Waals surface area contributed by atoms with Gasteiger partial charge in [-0.05, 0) is 65.7 Å². The first kappa shape index (κ1) is 30.4. The molecule has 0 radical (unpaired) electrons. The van der Waals surface area contributed by atoms with Gasteiger partial charge in [0.05, 0.1) is 41.0 Å². The lowest BCUT2D eigenvalue weighted by Crippen LogP contribution is -2.28. The van der Waals surface area contributed by atoms with Gasteiger partial charge in [-0.1, -0.05) is 72.4 Å². The van der Waals surface area contributed by atoms with E-state index in [1.165, 1.54) is 28.9 Å². The minimum Gasteiger partial charge on any atom is -0.348 e. The van der Waals surface area contributed by atoms with E-state index in [1.807, 2.05) is 84.5 Å². The summed E-state index contributed by atoms with van der Waals surface area (Å²) in [4.78, 5) is 27.5. The summed E-state index contributed by atoms with van der Waals surface area (Å²) in [7, 11) is 0. The van der Waals surface area contributed by atoms with Crippen LogP contribution in [0.5, 0.6) is 0 Å². The number of carbonyl (C=O) groups excluding carboxylic acids is 2. The summed E-state index contributed by atoms with van der Waals surface area (Å²) in [6.07, 6.45) is 0.793. The fourth-order valence-corrected chi connectivity index (χ4v) is 6.76. The standard InChI is InChI=1S/C34H31FN6O2S2/c1-22-8-6-11-28(23(22)2)40-31(20-36-32(42)18-24-9-4-3-5-10-24)37-38-34(40)45-21-33(43)41-29(25-13-15-26(35)16-14-25)19-27(39-41)30-12-7-17-44-30/h3-17,29H,18-21H2,1-2H3,(H,36,42)/t29-/m1/s1. The number of carbonyl (C=O) groups is 2. The van der Waals surface area contributed by atoms with Crippen LogP contribution in [-0.2, 0) is 22.6 Å². The van der Waals surface area contributed by atoms with Gasteiger partial charge in [-0.2, -0.15) is 5.10 Å². The number of aromatic nitrogens is 3. The second-order valence-corrected chi connectivity index (χ2v) is 12.6. The normalized spacial score (nSPS) is 14.4. The van der Waals surface area contributed by atoms with Gasteiger partial charge in [-0.3, -0.25) is 14.2 Å². The summed E-state index contributed by atoms with van der Waals surface area (Å²) >= 11 is 2.84. The number of nitrogens with zero attached hydrogens (tertiary/aromatic N) is 5. The summed E-state index contributed by atoms with van der Waals surface area (Å²) < 4.78 is 15.6. The van der Waals surface area contributed by atoms with Gasteiger partial charge in [-0.25, -0.2) is 9.40 Å². The number of aryl methyl sites for hydroxylation is 1. The topological polar surface area (TPSA) is 92.5 Å². The second kappa shape index (κ2) is 13.6. The molecule has 45 heavy (non-hydrogen) atoms. The molecule has 0 fully saturated rings. The van der Waals surface area contributed by atoms with Crippen LogP contribution in [0, 0.1) is 19.7 Å². The third kappa shape index (κ3) is 6.89. The number of amides is 2. The monoisotopic (exact) mass is 638 g/mol. The summed E-state index contributed by atoms with van der Waals surface area (Å²) in [5.41, 5.74) is 5.59. The van der Waals surface area contributed by atoms with E-state index in [-0.39, 0.29) is 42.4 Å². The highest BCUT2D eigenvalue weighted by Gasteiger charge is 2.34. The molecule has 3 aromatic carbocycles. The van der Waals surface area contributed by atoms with Crippen molar-refractivity contribution >= 4 is 40.6 Å². The van der Waals surface area contributed by atoms with Gasteiger partial charge >= 0.3 is 0 Å². The molecule has 3 heterocycles. The van der Waals surface area contributed by atoms with Gasteiger partial charge in [0.15, 0.2) is 11.0 Å². The molecule has 1 N–H and O–H groups in total. The Kier molecular flexibility index (Phi) is 9.18. The van der Waals surface area contributed by atoms with Crippen molar-refractivity contribution in [1.29, 1.82) is 0 Å². The Balaban J connectivity index is 1.24. The van der Waals surface area contributed by atoms with Crippen LogP contribution >= 0.6 is 23.1 Å². The molecule has 0 saturated heterocycles. The second-order valence-electron chi connectivity index (χ2n) is 10.7. The van der Waals surface area contributed by atoms with Gasteiger partial charge in [-0.15, -0.1) is 21.5 Å². The van der Waals surface area contributed by atoms with E-state index in [2.05, 4.69) is 15.5 Å². The molecule has 2 amide bonds. The average molecular weight is 639 g/mol. The van der Waals surface area contributed by atoms with Crippen molar-refractivity contribution in [3.8, 4) is 5.69 Å². The third-order valence-corrected chi connectivity index (χ3v) is 9.55. The molecule has 11 heteroatoms. The molecule has 1 aliphatic rings. The molecule has 8 nitrogen and oxygen atoms in total. The summed E-state index contributed by atoms with van der Waals surface area (Å²) in [6.45, 7) is 4.24. The molecular weight excluding hydrogens is 608 g/mol. The van der Waals surface area contributed by atoms with Crippen molar-refractivity contribution < 1.29 is 14.0 Å². The highest BCUT2D eigenvalue weighted by atomic mass is 32.2. The predicted molar refractivity (Wildman–Crippen MR) is 175 cm³/mol. The third-order valence-electron chi connectivity index (χ3n) is 7.72. The maximum absolute atomic E-state index is 13.8. The van der Waals surface area contributed by atoms with Gasteiger partial charge in [0.1, 0.15) is 5.82 Å². The van der Waals surface area contributed by atoms with Gasteiger partial charge in [0.25, 0.3) is 5.91 Å². The van der Waals surface area contributed by atoms with Gasteiger partial charge in [0.2, 0.25) is 5.91 Å². The van der Waals surface area contributed by atoms with Crippen LogP contribution < -0.4 is 5.32 Å².